The Morgan fingerprint density at radius 1 is 0.913 bits per heavy atom. The van der Waals surface area contributed by atoms with Crippen molar-refractivity contribution >= 4 is 27.2 Å². The molecule has 1 amide bonds. The third-order valence-corrected chi connectivity index (χ3v) is 4.33. The fourth-order valence-corrected chi connectivity index (χ4v) is 3.03. The molecule has 2 rings (SSSR count). The highest BCUT2D eigenvalue weighted by molar-refractivity contribution is 7.92. The Balaban J connectivity index is 1.97. The van der Waals surface area contributed by atoms with Crippen LogP contribution in [0.15, 0.2) is 54.6 Å². The number of sulfone groups is 1. The lowest BCUT2D eigenvalue weighted by Gasteiger charge is -2.06. The Hall–Kier alpha value is -2.54. The maximum absolute atomic E-state index is 12.8. The van der Waals surface area contributed by atoms with E-state index in [1.54, 1.807) is 30.3 Å². The standard InChI is InChI=1S/C16H14FNO4S/c17-13-8-6-12(7-9-13)15(19)10-23(21,22)11-16(20)18-14-4-2-1-3-5-14/h1-9H,10-11H2,(H,18,20). The number of halogens is 1. The molecule has 0 aliphatic heterocycles. The summed E-state index contributed by atoms with van der Waals surface area (Å²) in [5.41, 5.74) is 0.552. The molecule has 0 saturated carbocycles. The predicted octanol–water partition coefficient (Wildman–Crippen LogP) is 2.06. The highest BCUT2D eigenvalue weighted by Gasteiger charge is 2.21. The number of para-hydroxylation sites is 1. The largest absolute Gasteiger partial charge is 0.325 e. The number of hydrogen-bond acceptors (Lipinski definition) is 4. The summed E-state index contributed by atoms with van der Waals surface area (Å²) < 4.78 is 36.6. The van der Waals surface area contributed by atoms with Gasteiger partial charge in [0.25, 0.3) is 0 Å². The number of ketones is 1. The van der Waals surface area contributed by atoms with Crippen LogP contribution < -0.4 is 5.32 Å². The maximum atomic E-state index is 12.8. The molecule has 0 bridgehead atoms. The molecular formula is C16H14FNO4S. The topological polar surface area (TPSA) is 80.3 Å². The Labute approximate surface area is 133 Å². The van der Waals surface area contributed by atoms with Crippen molar-refractivity contribution < 1.29 is 22.4 Å². The summed E-state index contributed by atoms with van der Waals surface area (Å²) in [6.45, 7) is 0. The summed E-state index contributed by atoms with van der Waals surface area (Å²) >= 11 is 0. The van der Waals surface area contributed by atoms with E-state index in [9.17, 15) is 22.4 Å². The summed E-state index contributed by atoms with van der Waals surface area (Å²) in [7, 11) is -3.91. The molecule has 2 aromatic carbocycles. The number of amides is 1. The highest BCUT2D eigenvalue weighted by atomic mass is 32.2. The quantitative estimate of drug-likeness (QED) is 0.820. The minimum atomic E-state index is -3.91. The number of hydrogen-bond donors (Lipinski definition) is 1. The third kappa shape index (κ3) is 5.30. The first kappa shape index (κ1) is 16.8. The number of Topliss-reactive ketones (excluding diaryl/α,β-unsaturated/α-hetero) is 1. The number of carbonyl (C=O) groups excluding carboxylic acids is 2. The Kier molecular flexibility index (Phi) is 5.23. The van der Waals surface area contributed by atoms with Crippen LogP contribution in [0, 0.1) is 5.82 Å². The fourth-order valence-electron chi connectivity index (χ4n) is 1.89. The number of anilines is 1. The zero-order chi connectivity index (χ0) is 16.9. The van der Waals surface area contributed by atoms with Gasteiger partial charge < -0.3 is 5.32 Å². The molecule has 0 aromatic heterocycles. The van der Waals surface area contributed by atoms with Crippen molar-refractivity contribution in [2.45, 2.75) is 0 Å². The van der Waals surface area contributed by atoms with Gasteiger partial charge in [0.2, 0.25) is 5.91 Å². The van der Waals surface area contributed by atoms with E-state index in [0.717, 1.165) is 12.1 Å². The summed E-state index contributed by atoms with van der Waals surface area (Å²) in [6.07, 6.45) is 0. The van der Waals surface area contributed by atoms with Gasteiger partial charge in [-0.25, -0.2) is 12.8 Å². The van der Waals surface area contributed by atoms with Crippen molar-refractivity contribution in [3.8, 4) is 0 Å². The molecule has 23 heavy (non-hydrogen) atoms. The SMILES string of the molecule is O=C(CS(=O)(=O)CC(=O)c1ccc(F)cc1)Nc1ccccc1. The molecule has 0 radical (unpaired) electrons. The van der Waals surface area contributed by atoms with Crippen LogP contribution in [0.4, 0.5) is 10.1 Å². The molecule has 0 heterocycles. The van der Waals surface area contributed by atoms with Crippen molar-refractivity contribution in [2.24, 2.45) is 0 Å². The van der Waals surface area contributed by atoms with E-state index in [-0.39, 0.29) is 5.56 Å². The summed E-state index contributed by atoms with van der Waals surface area (Å²) in [6, 6.07) is 12.9. The fraction of sp³-hybridized carbons (Fsp3) is 0.125. The van der Waals surface area contributed by atoms with Gasteiger partial charge in [0.15, 0.2) is 15.6 Å². The van der Waals surface area contributed by atoms with E-state index >= 15 is 0 Å². The number of carbonyl (C=O) groups is 2. The van der Waals surface area contributed by atoms with E-state index < -0.39 is 38.9 Å². The monoisotopic (exact) mass is 335 g/mol. The molecule has 0 aliphatic carbocycles. The molecule has 120 valence electrons. The van der Waals surface area contributed by atoms with E-state index in [1.807, 2.05) is 0 Å². The van der Waals surface area contributed by atoms with Gasteiger partial charge in [0.05, 0.1) is 0 Å². The molecule has 0 unspecified atom stereocenters. The molecular weight excluding hydrogens is 321 g/mol. The van der Waals surface area contributed by atoms with Gasteiger partial charge in [-0.05, 0) is 36.4 Å². The molecule has 7 heteroatoms. The van der Waals surface area contributed by atoms with Gasteiger partial charge in [-0.2, -0.15) is 0 Å². The van der Waals surface area contributed by atoms with Crippen LogP contribution >= 0.6 is 0 Å². The molecule has 0 fully saturated rings. The molecule has 0 saturated heterocycles. The van der Waals surface area contributed by atoms with E-state index in [0.29, 0.717) is 5.69 Å². The van der Waals surface area contributed by atoms with Crippen LogP contribution in [0.3, 0.4) is 0 Å². The van der Waals surface area contributed by atoms with Gasteiger partial charge in [-0.1, -0.05) is 18.2 Å². The van der Waals surface area contributed by atoms with Crippen LogP contribution in [0.25, 0.3) is 0 Å². The van der Waals surface area contributed by atoms with Crippen LogP contribution in [0.5, 0.6) is 0 Å². The third-order valence-electron chi connectivity index (χ3n) is 2.93. The lowest BCUT2D eigenvalue weighted by atomic mass is 10.1. The summed E-state index contributed by atoms with van der Waals surface area (Å²) in [4.78, 5) is 23.6. The second-order valence-electron chi connectivity index (χ2n) is 4.88. The van der Waals surface area contributed by atoms with Crippen LogP contribution in [0.2, 0.25) is 0 Å². The first-order valence-electron chi connectivity index (χ1n) is 6.70. The minimum Gasteiger partial charge on any atom is -0.325 e. The predicted molar refractivity (Wildman–Crippen MR) is 84.5 cm³/mol. The second kappa shape index (κ2) is 7.15. The normalized spacial score (nSPS) is 11.0. The van der Waals surface area contributed by atoms with Gasteiger partial charge in [-0.3, -0.25) is 9.59 Å². The van der Waals surface area contributed by atoms with Crippen molar-refractivity contribution in [1.82, 2.24) is 0 Å². The molecule has 1 N–H and O–H groups in total. The number of nitrogens with one attached hydrogen (secondary N) is 1. The lowest BCUT2D eigenvalue weighted by molar-refractivity contribution is -0.113. The van der Waals surface area contributed by atoms with Crippen molar-refractivity contribution in [1.29, 1.82) is 0 Å². The zero-order valence-electron chi connectivity index (χ0n) is 12.0. The van der Waals surface area contributed by atoms with Gasteiger partial charge in [0.1, 0.15) is 17.3 Å². The Morgan fingerprint density at radius 2 is 1.52 bits per heavy atom. The Morgan fingerprint density at radius 3 is 2.13 bits per heavy atom. The molecule has 0 spiro atoms. The van der Waals surface area contributed by atoms with E-state index in [4.69, 9.17) is 0 Å². The smallest absolute Gasteiger partial charge is 0.239 e. The summed E-state index contributed by atoms with van der Waals surface area (Å²) in [5.74, 6) is -3.53. The van der Waals surface area contributed by atoms with Gasteiger partial charge >= 0.3 is 0 Å². The molecule has 5 nitrogen and oxygen atoms in total. The zero-order valence-corrected chi connectivity index (χ0v) is 12.8. The first-order valence-corrected chi connectivity index (χ1v) is 8.52. The minimum absolute atomic E-state index is 0.0819. The first-order chi connectivity index (χ1) is 10.9. The van der Waals surface area contributed by atoms with Crippen molar-refractivity contribution in [3.63, 3.8) is 0 Å². The average molecular weight is 335 g/mol. The van der Waals surface area contributed by atoms with Gasteiger partial charge in [0, 0.05) is 11.3 Å². The highest BCUT2D eigenvalue weighted by Crippen LogP contribution is 2.08. The van der Waals surface area contributed by atoms with Gasteiger partial charge in [-0.15, -0.1) is 0 Å². The molecule has 0 atom stereocenters. The van der Waals surface area contributed by atoms with E-state index in [2.05, 4.69) is 5.32 Å². The molecule has 2 aromatic rings. The average Bonchev–Trinajstić information content (AvgIpc) is 2.47. The lowest BCUT2D eigenvalue weighted by Crippen LogP contribution is -2.27. The van der Waals surface area contributed by atoms with Crippen LogP contribution in [-0.2, 0) is 14.6 Å². The van der Waals surface area contributed by atoms with Crippen LogP contribution in [0.1, 0.15) is 10.4 Å². The number of benzene rings is 2. The van der Waals surface area contributed by atoms with Crippen molar-refractivity contribution in [2.75, 3.05) is 16.8 Å². The Bertz CT molecular complexity index is 802. The number of rotatable bonds is 6. The van der Waals surface area contributed by atoms with E-state index in [1.165, 1.54) is 12.1 Å². The molecule has 0 aliphatic rings. The van der Waals surface area contributed by atoms with Crippen molar-refractivity contribution in [3.05, 3.63) is 66.0 Å². The maximum Gasteiger partial charge on any atom is 0.239 e. The van der Waals surface area contributed by atoms with Crippen LogP contribution in [-0.4, -0.2) is 31.6 Å². The summed E-state index contributed by atoms with van der Waals surface area (Å²) in [5, 5.41) is 2.44. The second-order valence-corrected chi connectivity index (χ2v) is 6.94.